The van der Waals surface area contributed by atoms with Crippen molar-refractivity contribution < 1.29 is 15.3 Å². The summed E-state index contributed by atoms with van der Waals surface area (Å²) >= 11 is 0. The van der Waals surface area contributed by atoms with E-state index < -0.39 is 12.2 Å². The third-order valence-corrected chi connectivity index (χ3v) is 6.11. The monoisotopic (exact) mass is 286 g/mol. The van der Waals surface area contributed by atoms with Gasteiger partial charge in [0.1, 0.15) is 5.75 Å². The first-order chi connectivity index (χ1) is 10.0. The summed E-state index contributed by atoms with van der Waals surface area (Å²) < 4.78 is 0. The van der Waals surface area contributed by atoms with Crippen molar-refractivity contribution in [3.8, 4) is 5.75 Å². The number of aromatic hydroxyl groups is 1. The fraction of sp³-hybridized carbons (Fsp3) is 0.556. The van der Waals surface area contributed by atoms with E-state index in [-0.39, 0.29) is 5.41 Å². The number of rotatable bonds is 0. The van der Waals surface area contributed by atoms with Gasteiger partial charge >= 0.3 is 0 Å². The minimum absolute atomic E-state index is 0.174. The molecule has 0 radical (unpaired) electrons. The standard InChI is InChI=1S/C18H22O3/c1-18-7-6-13-12-5-3-11(19)8-10(12)2-4-14(13)15(18)9-16(20)17(18)21/h3,5,8,15-17,19-21H,2,4,6-7,9H2,1H3/t15?,16-,17+,18+/m1/s1. The molecule has 0 aromatic heterocycles. The number of aliphatic hydroxyl groups excluding tert-OH is 2. The molecule has 1 aromatic rings. The summed E-state index contributed by atoms with van der Waals surface area (Å²) in [5, 5.41) is 30.1. The molecule has 112 valence electrons. The molecule has 1 unspecified atom stereocenters. The van der Waals surface area contributed by atoms with Gasteiger partial charge in [-0.25, -0.2) is 0 Å². The van der Waals surface area contributed by atoms with E-state index in [0.717, 1.165) is 25.7 Å². The van der Waals surface area contributed by atoms with Crippen LogP contribution < -0.4 is 0 Å². The maximum atomic E-state index is 10.4. The third kappa shape index (κ3) is 1.74. The molecule has 3 N–H and O–H groups in total. The van der Waals surface area contributed by atoms with Crippen LogP contribution >= 0.6 is 0 Å². The van der Waals surface area contributed by atoms with Crippen molar-refractivity contribution >= 4 is 5.57 Å². The van der Waals surface area contributed by atoms with Crippen molar-refractivity contribution in [3.05, 3.63) is 34.9 Å². The van der Waals surface area contributed by atoms with Crippen LogP contribution in [0.25, 0.3) is 5.57 Å². The number of aliphatic hydroxyl groups is 2. The zero-order valence-electron chi connectivity index (χ0n) is 12.3. The molecule has 3 nitrogen and oxygen atoms in total. The van der Waals surface area contributed by atoms with E-state index in [1.165, 1.54) is 22.3 Å². The molecule has 1 fully saturated rings. The number of allylic oxidation sites excluding steroid dienone is 2. The number of phenolic OH excluding ortho intramolecular Hbond substituents is 1. The van der Waals surface area contributed by atoms with Crippen LogP contribution in [0.4, 0.5) is 0 Å². The predicted molar refractivity (Wildman–Crippen MR) is 80.8 cm³/mol. The average molecular weight is 286 g/mol. The Bertz CT molecular complexity index is 633. The smallest absolute Gasteiger partial charge is 0.115 e. The minimum Gasteiger partial charge on any atom is -0.508 e. The molecule has 0 bridgehead atoms. The second kappa shape index (κ2) is 4.34. The summed E-state index contributed by atoms with van der Waals surface area (Å²) in [5.41, 5.74) is 5.17. The Morgan fingerprint density at radius 3 is 2.76 bits per heavy atom. The van der Waals surface area contributed by atoms with Gasteiger partial charge in [-0.2, -0.15) is 0 Å². The molecule has 1 aromatic carbocycles. The maximum absolute atomic E-state index is 10.4. The number of hydrogen-bond acceptors (Lipinski definition) is 3. The van der Waals surface area contributed by atoms with Crippen molar-refractivity contribution in [3.63, 3.8) is 0 Å². The zero-order valence-corrected chi connectivity index (χ0v) is 12.3. The summed E-state index contributed by atoms with van der Waals surface area (Å²) in [7, 11) is 0. The molecule has 4 rings (SSSR count). The number of phenols is 1. The largest absolute Gasteiger partial charge is 0.508 e. The molecule has 0 amide bonds. The summed E-state index contributed by atoms with van der Waals surface area (Å²) in [6.07, 6.45) is 3.32. The summed E-state index contributed by atoms with van der Waals surface area (Å²) in [6.45, 7) is 2.13. The first-order valence-electron chi connectivity index (χ1n) is 7.91. The van der Waals surface area contributed by atoms with Crippen LogP contribution in [0, 0.1) is 11.3 Å². The fourth-order valence-corrected chi connectivity index (χ4v) is 4.90. The van der Waals surface area contributed by atoms with E-state index in [1.54, 1.807) is 6.07 Å². The molecule has 0 saturated heterocycles. The number of benzene rings is 1. The molecule has 3 heteroatoms. The molecular weight excluding hydrogens is 264 g/mol. The summed E-state index contributed by atoms with van der Waals surface area (Å²) in [4.78, 5) is 0. The Morgan fingerprint density at radius 2 is 1.95 bits per heavy atom. The van der Waals surface area contributed by atoms with Crippen molar-refractivity contribution in [2.45, 2.75) is 51.2 Å². The van der Waals surface area contributed by atoms with Crippen LogP contribution in [0.2, 0.25) is 0 Å². The molecule has 3 aliphatic carbocycles. The Balaban J connectivity index is 1.82. The lowest BCUT2D eigenvalue weighted by Gasteiger charge is -2.43. The van der Waals surface area contributed by atoms with Gasteiger partial charge in [0, 0.05) is 5.41 Å². The molecule has 3 aliphatic rings. The topological polar surface area (TPSA) is 60.7 Å². The van der Waals surface area contributed by atoms with Gasteiger partial charge in [-0.1, -0.05) is 18.6 Å². The van der Waals surface area contributed by atoms with E-state index in [1.807, 2.05) is 12.1 Å². The van der Waals surface area contributed by atoms with Crippen LogP contribution in [0.15, 0.2) is 23.8 Å². The zero-order chi connectivity index (χ0) is 14.8. The number of hydrogen-bond donors (Lipinski definition) is 3. The Kier molecular flexibility index (Phi) is 2.76. The summed E-state index contributed by atoms with van der Waals surface area (Å²) in [5.74, 6) is 0.637. The third-order valence-electron chi connectivity index (χ3n) is 6.11. The van der Waals surface area contributed by atoms with E-state index >= 15 is 0 Å². The lowest BCUT2D eigenvalue weighted by Crippen LogP contribution is -2.39. The van der Waals surface area contributed by atoms with Crippen molar-refractivity contribution in [1.82, 2.24) is 0 Å². The van der Waals surface area contributed by atoms with Crippen LogP contribution in [0.5, 0.6) is 5.75 Å². The number of fused-ring (bicyclic) bond motifs is 4. The average Bonchev–Trinajstić information content (AvgIpc) is 2.70. The van der Waals surface area contributed by atoms with Crippen LogP contribution in [0.1, 0.15) is 43.7 Å². The lowest BCUT2D eigenvalue weighted by atomic mass is 9.62. The predicted octanol–water partition coefficient (Wildman–Crippen LogP) is 2.63. The second-order valence-electron chi connectivity index (χ2n) is 7.15. The highest BCUT2D eigenvalue weighted by molar-refractivity contribution is 5.75. The normalized spacial score (nSPS) is 38.0. The Morgan fingerprint density at radius 1 is 1.14 bits per heavy atom. The highest BCUT2D eigenvalue weighted by Crippen LogP contribution is 2.58. The summed E-state index contributed by atoms with van der Waals surface area (Å²) in [6, 6.07) is 5.68. The first-order valence-corrected chi connectivity index (χ1v) is 7.91. The quantitative estimate of drug-likeness (QED) is 0.687. The van der Waals surface area contributed by atoms with E-state index in [4.69, 9.17) is 0 Å². The molecule has 0 spiro atoms. The van der Waals surface area contributed by atoms with Crippen LogP contribution in [-0.4, -0.2) is 27.5 Å². The molecular formula is C18H22O3. The maximum Gasteiger partial charge on any atom is 0.115 e. The van der Waals surface area contributed by atoms with Gasteiger partial charge in [0.2, 0.25) is 0 Å². The highest BCUT2D eigenvalue weighted by atomic mass is 16.3. The van der Waals surface area contributed by atoms with Gasteiger partial charge in [0.25, 0.3) is 0 Å². The molecule has 0 aliphatic heterocycles. The van der Waals surface area contributed by atoms with Crippen LogP contribution in [-0.2, 0) is 6.42 Å². The fourth-order valence-electron chi connectivity index (χ4n) is 4.90. The van der Waals surface area contributed by atoms with E-state index in [0.29, 0.717) is 18.1 Å². The van der Waals surface area contributed by atoms with Crippen molar-refractivity contribution in [2.75, 3.05) is 0 Å². The number of aryl methyl sites for hydroxylation is 1. The van der Waals surface area contributed by atoms with E-state index in [2.05, 4.69) is 6.92 Å². The van der Waals surface area contributed by atoms with Gasteiger partial charge < -0.3 is 15.3 Å². The highest BCUT2D eigenvalue weighted by Gasteiger charge is 2.54. The Labute approximate surface area is 124 Å². The molecule has 21 heavy (non-hydrogen) atoms. The Hall–Kier alpha value is -1.32. The second-order valence-corrected chi connectivity index (χ2v) is 7.15. The van der Waals surface area contributed by atoms with Crippen molar-refractivity contribution in [2.24, 2.45) is 11.3 Å². The molecule has 1 saturated carbocycles. The first kappa shape index (κ1) is 13.4. The molecule has 4 atom stereocenters. The lowest BCUT2D eigenvalue weighted by molar-refractivity contribution is -0.0239. The van der Waals surface area contributed by atoms with Crippen LogP contribution in [0.3, 0.4) is 0 Å². The molecule has 0 heterocycles. The van der Waals surface area contributed by atoms with Gasteiger partial charge in [-0.05, 0) is 66.9 Å². The minimum atomic E-state index is -0.599. The van der Waals surface area contributed by atoms with Gasteiger partial charge in [-0.3, -0.25) is 0 Å². The van der Waals surface area contributed by atoms with Crippen molar-refractivity contribution in [1.29, 1.82) is 0 Å². The van der Waals surface area contributed by atoms with Gasteiger partial charge in [0.05, 0.1) is 12.2 Å². The van der Waals surface area contributed by atoms with E-state index in [9.17, 15) is 15.3 Å². The SMILES string of the molecule is C[C@]12CCC3=C(CCc4cc(O)ccc43)C1C[C@@H](O)[C@@H]2O. The van der Waals surface area contributed by atoms with Gasteiger partial charge in [-0.15, -0.1) is 0 Å². The van der Waals surface area contributed by atoms with Gasteiger partial charge in [0.15, 0.2) is 0 Å².